The van der Waals surface area contributed by atoms with Crippen molar-refractivity contribution in [3.8, 4) is 10.6 Å². The Kier molecular flexibility index (Phi) is 2.34. The summed E-state index contributed by atoms with van der Waals surface area (Å²) in [4.78, 5) is 8.12. The molecule has 8 heteroatoms. The highest BCUT2D eigenvalue weighted by Crippen LogP contribution is 2.30. The van der Waals surface area contributed by atoms with E-state index in [0.29, 0.717) is 15.5 Å². The maximum atomic E-state index is 12.4. The van der Waals surface area contributed by atoms with Crippen molar-refractivity contribution in [1.82, 2.24) is 19.6 Å². The Morgan fingerprint density at radius 2 is 2.00 bits per heavy atom. The molecule has 0 atom stereocenters. The number of fused-ring (bicyclic) bond motifs is 1. The van der Waals surface area contributed by atoms with Crippen LogP contribution in [0.5, 0.6) is 0 Å². The SMILES string of the molecule is FC(F)(F)c1ccc(-c2nn3ccnc3s2)cn1. The van der Waals surface area contributed by atoms with E-state index in [0.717, 1.165) is 6.07 Å². The zero-order chi connectivity index (χ0) is 12.8. The summed E-state index contributed by atoms with van der Waals surface area (Å²) in [6.45, 7) is 0. The topological polar surface area (TPSA) is 43.1 Å². The van der Waals surface area contributed by atoms with E-state index in [1.165, 1.54) is 23.6 Å². The van der Waals surface area contributed by atoms with Gasteiger partial charge in [-0.05, 0) is 12.1 Å². The summed E-state index contributed by atoms with van der Waals surface area (Å²) >= 11 is 1.29. The summed E-state index contributed by atoms with van der Waals surface area (Å²) in [5.41, 5.74) is -0.369. The van der Waals surface area contributed by atoms with Gasteiger partial charge in [-0.15, -0.1) is 0 Å². The van der Waals surface area contributed by atoms with Crippen LogP contribution in [-0.2, 0) is 6.18 Å². The third-order valence-electron chi connectivity index (χ3n) is 2.28. The lowest BCUT2D eigenvalue weighted by molar-refractivity contribution is -0.141. The summed E-state index contributed by atoms with van der Waals surface area (Å²) < 4.78 is 38.6. The van der Waals surface area contributed by atoms with E-state index >= 15 is 0 Å². The number of hydrogen-bond donors (Lipinski definition) is 0. The van der Waals surface area contributed by atoms with Gasteiger partial charge in [0.25, 0.3) is 0 Å². The molecule has 0 amide bonds. The Bertz CT molecular complexity index is 655. The molecule has 0 saturated carbocycles. The van der Waals surface area contributed by atoms with Crippen molar-refractivity contribution in [3.63, 3.8) is 0 Å². The summed E-state index contributed by atoms with van der Waals surface area (Å²) in [6, 6.07) is 2.30. The molecule has 0 fully saturated rings. The minimum atomic E-state index is -4.42. The predicted molar refractivity (Wildman–Crippen MR) is 59.1 cm³/mol. The zero-order valence-corrected chi connectivity index (χ0v) is 9.53. The van der Waals surface area contributed by atoms with Crippen molar-refractivity contribution in [2.24, 2.45) is 0 Å². The normalized spacial score (nSPS) is 12.2. The summed E-state index contributed by atoms with van der Waals surface area (Å²) in [7, 11) is 0. The lowest BCUT2D eigenvalue weighted by Gasteiger charge is -2.04. The van der Waals surface area contributed by atoms with Gasteiger partial charge in [0, 0.05) is 18.0 Å². The number of pyridine rings is 1. The van der Waals surface area contributed by atoms with E-state index in [4.69, 9.17) is 0 Å². The van der Waals surface area contributed by atoms with Gasteiger partial charge in [-0.2, -0.15) is 18.3 Å². The Balaban J connectivity index is 2.00. The van der Waals surface area contributed by atoms with Crippen LogP contribution >= 0.6 is 11.3 Å². The number of imidazole rings is 1. The van der Waals surface area contributed by atoms with E-state index in [1.807, 2.05) is 0 Å². The van der Waals surface area contributed by atoms with Crippen LogP contribution < -0.4 is 0 Å². The van der Waals surface area contributed by atoms with Crippen molar-refractivity contribution in [2.45, 2.75) is 6.18 Å². The van der Waals surface area contributed by atoms with Crippen molar-refractivity contribution >= 4 is 16.3 Å². The molecule has 0 N–H and O–H groups in total. The molecule has 0 saturated heterocycles. The molecule has 3 heterocycles. The van der Waals surface area contributed by atoms with Crippen molar-refractivity contribution < 1.29 is 13.2 Å². The van der Waals surface area contributed by atoms with Crippen LogP contribution in [0.1, 0.15) is 5.69 Å². The van der Waals surface area contributed by atoms with Gasteiger partial charge < -0.3 is 0 Å². The molecule has 0 aliphatic rings. The Hall–Kier alpha value is -1.96. The highest BCUT2D eigenvalue weighted by atomic mass is 32.1. The first-order valence-corrected chi connectivity index (χ1v) is 5.69. The number of alkyl halides is 3. The minimum absolute atomic E-state index is 0.540. The molecule has 0 radical (unpaired) electrons. The van der Waals surface area contributed by atoms with E-state index in [2.05, 4.69) is 15.1 Å². The maximum Gasteiger partial charge on any atom is 0.433 e. The molecule has 92 valence electrons. The largest absolute Gasteiger partial charge is 0.433 e. The third kappa shape index (κ3) is 1.84. The van der Waals surface area contributed by atoms with Gasteiger partial charge in [-0.25, -0.2) is 9.50 Å². The molecule has 3 aromatic heterocycles. The quantitative estimate of drug-likeness (QED) is 0.683. The van der Waals surface area contributed by atoms with Crippen LogP contribution in [0.2, 0.25) is 0 Å². The molecule has 0 aliphatic heterocycles. The average molecular weight is 270 g/mol. The number of halogens is 3. The highest BCUT2D eigenvalue weighted by molar-refractivity contribution is 7.19. The lowest BCUT2D eigenvalue weighted by Crippen LogP contribution is -2.07. The first-order valence-electron chi connectivity index (χ1n) is 4.88. The molecule has 0 aliphatic carbocycles. The monoisotopic (exact) mass is 270 g/mol. The highest BCUT2D eigenvalue weighted by Gasteiger charge is 2.32. The van der Waals surface area contributed by atoms with Gasteiger partial charge in [0.1, 0.15) is 10.7 Å². The standard InChI is InChI=1S/C10H5F3N4S/c11-10(12,13)7-2-1-6(5-15-7)8-16-17-4-3-14-9(17)18-8/h1-5H. The Morgan fingerprint density at radius 3 is 2.61 bits per heavy atom. The van der Waals surface area contributed by atoms with E-state index in [1.54, 1.807) is 16.9 Å². The van der Waals surface area contributed by atoms with Gasteiger partial charge in [0.15, 0.2) is 0 Å². The van der Waals surface area contributed by atoms with Crippen molar-refractivity contribution in [2.75, 3.05) is 0 Å². The fourth-order valence-electron chi connectivity index (χ4n) is 1.44. The van der Waals surface area contributed by atoms with Crippen molar-refractivity contribution in [1.29, 1.82) is 0 Å². The molecule has 0 bridgehead atoms. The van der Waals surface area contributed by atoms with Crippen LogP contribution in [-0.4, -0.2) is 19.6 Å². The minimum Gasteiger partial charge on any atom is -0.251 e. The lowest BCUT2D eigenvalue weighted by atomic mass is 10.2. The van der Waals surface area contributed by atoms with Crippen LogP contribution in [0.15, 0.2) is 30.7 Å². The second-order valence-corrected chi connectivity index (χ2v) is 4.45. The molecule has 0 aromatic carbocycles. The fourth-order valence-corrected chi connectivity index (χ4v) is 2.29. The van der Waals surface area contributed by atoms with Crippen LogP contribution in [0.4, 0.5) is 13.2 Å². The van der Waals surface area contributed by atoms with Gasteiger partial charge >= 0.3 is 6.18 Å². The molecular weight excluding hydrogens is 265 g/mol. The van der Waals surface area contributed by atoms with Crippen LogP contribution in [0.3, 0.4) is 0 Å². The number of rotatable bonds is 1. The van der Waals surface area contributed by atoms with Gasteiger partial charge in [0.2, 0.25) is 4.96 Å². The average Bonchev–Trinajstić information content (AvgIpc) is 2.88. The third-order valence-corrected chi connectivity index (χ3v) is 3.26. The summed E-state index contributed by atoms with van der Waals surface area (Å²) in [6.07, 6.45) is 0.0253. The van der Waals surface area contributed by atoms with Crippen LogP contribution in [0.25, 0.3) is 15.5 Å². The Labute approximate surface area is 103 Å². The van der Waals surface area contributed by atoms with E-state index in [-0.39, 0.29) is 0 Å². The molecule has 3 aromatic rings. The molecule has 3 rings (SSSR count). The maximum absolute atomic E-state index is 12.4. The second kappa shape index (κ2) is 3.77. The molecule has 4 nitrogen and oxygen atoms in total. The number of hydrogen-bond acceptors (Lipinski definition) is 4. The Morgan fingerprint density at radius 1 is 1.17 bits per heavy atom. The summed E-state index contributed by atoms with van der Waals surface area (Å²) in [5.74, 6) is 0. The molecule has 18 heavy (non-hydrogen) atoms. The molecular formula is C10H5F3N4S. The van der Waals surface area contributed by atoms with Gasteiger partial charge in [0.05, 0.1) is 6.20 Å². The molecule has 0 unspecified atom stereocenters. The second-order valence-electron chi connectivity index (χ2n) is 3.49. The van der Waals surface area contributed by atoms with Gasteiger partial charge in [-0.1, -0.05) is 11.3 Å². The van der Waals surface area contributed by atoms with Crippen LogP contribution in [0, 0.1) is 0 Å². The van der Waals surface area contributed by atoms with Gasteiger partial charge in [-0.3, -0.25) is 4.98 Å². The smallest absolute Gasteiger partial charge is 0.251 e. The predicted octanol–water partition coefficient (Wildman–Crippen LogP) is 2.87. The first-order chi connectivity index (χ1) is 8.54. The fraction of sp³-hybridized carbons (Fsp3) is 0.100. The summed E-state index contributed by atoms with van der Waals surface area (Å²) in [5, 5.41) is 4.77. The van der Waals surface area contributed by atoms with Crippen molar-refractivity contribution in [3.05, 3.63) is 36.4 Å². The first kappa shape index (κ1) is 11.1. The molecule has 0 spiro atoms. The van der Waals surface area contributed by atoms with E-state index < -0.39 is 11.9 Å². The zero-order valence-electron chi connectivity index (χ0n) is 8.72. The number of nitrogens with zero attached hydrogens (tertiary/aromatic N) is 4. The number of aromatic nitrogens is 4. The van der Waals surface area contributed by atoms with E-state index in [9.17, 15) is 13.2 Å².